The van der Waals surface area contributed by atoms with Crippen molar-refractivity contribution in [3.05, 3.63) is 255 Å². The lowest BCUT2D eigenvalue weighted by atomic mass is 9.90. The predicted octanol–water partition coefficient (Wildman–Crippen LogP) is 18.0. The zero-order valence-electron chi connectivity index (χ0n) is 36.6. The molecular formula is C64H42N2O. The van der Waals surface area contributed by atoms with Gasteiger partial charge in [0.15, 0.2) is 0 Å². The fourth-order valence-electron chi connectivity index (χ4n) is 10.5. The van der Waals surface area contributed by atoms with E-state index in [-0.39, 0.29) is 0 Å². The normalized spacial score (nSPS) is 11.6. The summed E-state index contributed by atoms with van der Waals surface area (Å²) in [5.74, 6) is 0. The Kier molecular flexibility index (Phi) is 9.17. The molecule has 0 aliphatic carbocycles. The number of fused-ring (bicyclic) bond motifs is 7. The minimum Gasteiger partial charge on any atom is -0.455 e. The number of nitrogens with zero attached hydrogens (tertiary/aromatic N) is 2. The van der Waals surface area contributed by atoms with Gasteiger partial charge in [-0.15, -0.1) is 0 Å². The summed E-state index contributed by atoms with van der Waals surface area (Å²) >= 11 is 0. The maximum atomic E-state index is 6.77. The number of anilines is 3. The Bertz CT molecular complexity index is 3990. The molecule has 11 aromatic carbocycles. The van der Waals surface area contributed by atoms with E-state index in [4.69, 9.17) is 4.42 Å². The Hall–Kier alpha value is -8.92. The van der Waals surface area contributed by atoms with Crippen LogP contribution in [0.3, 0.4) is 0 Å². The molecular weight excluding hydrogens is 813 g/mol. The van der Waals surface area contributed by atoms with E-state index in [1.807, 2.05) is 6.07 Å². The van der Waals surface area contributed by atoms with Gasteiger partial charge in [0.2, 0.25) is 0 Å². The summed E-state index contributed by atoms with van der Waals surface area (Å²) in [6.07, 6.45) is 0. The third-order valence-electron chi connectivity index (χ3n) is 13.4. The minimum atomic E-state index is 0.874. The largest absolute Gasteiger partial charge is 0.455 e. The molecule has 0 N–H and O–H groups in total. The Labute approximate surface area is 388 Å². The molecule has 0 radical (unpaired) electrons. The third-order valence-corrected chi connectivity index (χ3v) is 13.4. The van der Waals surface area contributed by atoms with Crippen LogP contribution >= 0.6 is 0 Å². The SMILES string of the molecule is c1ccc(-c2cccc3cccc(-c4ccccc4N(c4ccccc4-c4ccc5c6ccccc6n(-c6ccccc6)c5c4)c4ccccc4-c4cccc5c4oc4ccccc45)c23)cc1. The molecule has 0 spiro atoms. The second kappa shape index (κ2) is 16.0. The van der Waals surface area contributed by atoms with E-state index in [1.165, 1.54) is 43.8 Å². The van der Waals surface area contributed by atoms with Crippen molar-refractivity contribution in [1.82, 2.24) is 4.57 Å². The van der Waals surface area contributed by atoms with Crippen LogP contribution in [-0.2, 0) is 0 Å². The summed E-state index contributed by atoms with van der Waals surface area (Å²) < 4.78 is 9.17. The summed E-state index contributed by atoms with van der Waals surface area (Å²) in [4.78, 5) is 2.49. The first-order valence-electron chi connectivity index (χ1n) is 22.9. The molecule has 0 atom stereocenters. The average molecular weight is 855 g/mol. The second-order valence-corrected chi connectivity index (χ2v) is 17.2. The molecule has 3 nitrogen and oxygen atoms in total. The maximum Gasteiger partial charge on any atom is 0.143 e. The molecule has 314 valence electrons. The molecule has 0 amide bonds. The first kappa shape index (κ1) is 38.5. The number of furan rings is 1. The molecule has 0 aliphatic heterocycles. The van der Waals surface area contributed by atoms with Gasteiger partial charge in [0.1, 0.15) is 11.2 Å². The van der Waals surface area contributed by atoms with Gasteiger partial charge in [-0.25, -0.2) is 0 Å². The highest BCUT2D eigenvalue weighted by Gasteiger charge is 2.26. The van der Waals surface area contributed by atoms with Crippen LogP contribution in [0.5, 0.6) is 0 Å². The van der Waals surface area contributed by atoms with Gasteiger partial charge in [0, 0.05) is 49.5 Å². The fourth-order valence-corrected chi connectivity index (χ4v) is 10.5. The van der Waals surface area contributed by atoms with Crippen LogP contribution in [0.25, 0.3) is 105 Å². The molecule has 2 heterocycles. The monoisotopic (exact) mass is 854 g/mol. The van der Waals surface area contributed by atoms with E-state index in [0.29, 0.717) is 0 Å². The van der Waals surface area contributed by atoms with Gasteiger partial charge in [-0.3, -0.25) is 0 Å². The molecule has 0 unspecified atom stereocenters. The van der Waals surface area contributed by atoms with E-state index in [9.17, 15) is 0 Å². The number of rotatable bonds is 8. The van der Waals surface area contributed by atoms with Crippen LogP contribution in [0.15, 0.2) is 259 Å². The number of hydrogen-bond acceptors (Lipinski definition) is 2. The van der Waals surface area contributed by atoms with E-state index < -0.39 is 0 Å². The third kappa shape index (κ3) is 6.35. The average Bonchev–Trinajstić information content (AvgIpc) is 3.95. The van der Waals surface area contributed by atoms with Crippen LogP contribution in [0.1, 0.15) is 0 Å². The first-order valence-corrected chi connectivity index (χ1v) is 22.9. The van der Waals surface area contributed by atoms with Gasteiger partial charge in [-0.1, -0.05) is 206 Å². The van der Waals surface area contributed by atoms with Gasteiger partial charge < -0.3 is 13.9 Å². The standard InChI is InChI=1S/C64H42N2O/c1-3-20-43(21-4-1)48-31-17-22-44-23-18-32-54(63(44)48)50-28-9-14-37-59(50)66(60-38-15-10-29-51(60)55-33-19-34-56-53-30-11-16-39-62(53)67-64(55)56)57-35-12-7-26-47(57)45-40-41-52-49-27-8-13-36-58(49)65(61(52)42-45)46-24-5-2-6-25-46/h1-42H. The molecule has 2 aromatic heterocycles. The number of benzene rings is 11. The van der Waals surface area contributed by atoms with Crippen LogP contribution < -0.4 is 4.90 Å². The fraction of sp³-hybridized carbons (Fsp3) is 0. The lowest BCUT2D eigenvalue weighted by Crippen LogP contribution is -2.13. The Morgan fingerprint density at radius 3 is 1.60 bits per heavy atom. The number of hydrogen-bond donors (Lipinski definition) is 0. The van der Waals surface area contributed by atoms with Crippen LogP contribution in [0.4, 0.5) is 17.1 Å². The second-order valence-electron chi connectivity index (χ2n) is 17.2. The van der Waals surface area contributed by atoms with Crippen LogP contribution in [0, 0.1) is 0 Å². The Morgan fingerprint density at radius 1 is 0.313 bits per heavy atom. The first-order chi connectivity index (χ1) is 33.3. The van der Waals surface area contributed by atoms with Gasteiger partial charge in [0.05, 0.1) is 28.1 Å². The van der Waals surface area contributed by atoms with E-state index >= 15 is 0 Å². The van der Waals surface area contributed by atoms with Crippen molar-refractivity contribution in [3.8, 4) is 50.2 Å². The van der Waals surface area contributed by atoms with Crippen molar-refractivity contribution in [2.45, 2.75) is 0 Å². The van der Waals surface area contributed by atoms with Gasteiger partial charge in [-0.2, -0.15) is 0 Å². The zero-order valence-corrected chi connectivity index (χ0v) is 36.6. The maximum absolute atomic E-state index is 6.77. The molecule has 0 bridgehead atoms. The number of para-hydroxylation sites is 7. The summed E-state index contributed by atoms with van der Waals surface area (Å²) in [7, 11) is 0. The highest BCUT2D eigenvalue weighted by atomic mass is 16.3. The molecule has 0 fully saturated rings. The quantitative estimate of drug-likeness (QED) is 0.152. The lowest BCUT2D eigenvalue weighted by molar-refractivity contribution is 0.670. The Morgan fingerprint density at radius 2 is 0.836 bits per heavy atom. The molecule has 0 aliphatic rings. The highest BCUT2D eigenvalue weighted by Crippen LogP contribution is 2.50. The molecule has 13 aromatic rings. The Balaban J connectivity index is 1.10. The van der Waals surface area contributed by atoms with Crippen molar-refractivity contribution in [2.75, 3.05) is 4.90 Å². The molecule has 0 saturated heterocycles. The molecule has 0 saturated carbocycles. The number of aromatic nitrogens is 1. The van der Waals surface area contributed by atoms with Gasteiger partial charge in [-0.05, 0) is 81.6 Å². The van der Waals surface area contributed by atoms with Crippen molar-refractivity contribution < 1.29 is 4.42 Å². The topological polar surface area (TPSA) is 21.3 Å². The summed E-state index contributed by atoms with van der Waals surface area (Å²) in [6, 6.07) is 92.0. The highest BCUT2D eigenvalue weighted by molar-refractivity contribution is 6.14. The van der Waals surface area contributed by atoms with Crippen molar-refractivity contribution >= 4 is 71.6 Å². The molecule has 3 heteroatoms. The molecule has 13 rings (SSSR count). The van der Waals surface area contributed by atoms with Crippen LogP contribution in [-0.4, -0.2) is 4.57 Å². The van der Waals surface area contributed by atoms with E-state index in [0.717, 1.165) is 78.0 Å². The summed E-state index contributed by atoms with van der Waals surface area (Å²) in [5, 5.41) is 7.07. The molecule has 67 heavy (non-hydrogen) atoms. The smallest absolute Gasteiger partial charge is 0.143 e. The van der Waals surface area contributed by atoms with Gasteiger partial charge in [0.25, 0.3) is 0 Å². The van der Waals surface area contributed by atoms with Crippen LogP contribution in [0.2, 0.25) is 0 Å². The van der Waals surface area contributed by atoms with Crippen molar-refractivity contribution in [2.24, 2.45) is 0 Å². The summed E-state index contributed by atoms with van der Waals surface area (Å²) in [5.41, 5.74) is 17.4. The minimum absolute atomic E-state index is 0.874. The summed E-state index contributed by atoms with van der Waals surface area (Å²) in [6.45, 7) is 0. The van der Waals surface area contributed by atoms with Crippen molar-refractivity contribution in [3.63, 3.8) is 0 Å². The van der Waals surface area contributed by atoms with Crippen molar-refractivity contribution in [1.29, 1.82) is 0 Å². The van der Waals surface area contributed by atoms with E-state index in [1.54, 1.807) is 0 Å². The lowest BCUT2D eigenvalue weighted by Gasteiger charge is -2.32. The zero-order chi connectivity index (χ0) is 44.3. The predicted molar refractivity (Wildman–Crippen MR) is 282 cm³/mol. The van der Waals surface area contributed by atoms with E-state index in [2.05, 4.69) is 258 Å². The van der Waals surface area contributed by atoms with Gasteiger partial charge >= 0.3 is 0 Å².